The third-order valence-corrected chi connectivity index (χ3v) is 3.73. The fourth-order valence-corrected chi connectivity index (χ4v) is 2.53. The van der Waals surface area contributed by atoms with Crippen molar-refractivity contribution in [1.29, 1.82) is 0 Å². The molecule has 2 aromatic rings. The molecule has 1 aliphatic carbocycles. The van der Waals surface area contributed by atoms with E-state index in [2.05, 4.69) is 28.4 Å². The lowest BCUT2D eigenvalue weighted by atomic mass is 9.70. The van der Waals surface area contributed by atoms with Crippen molar-refractivity contribution in [3.63, 3.8) is 0 Å². The predicted molar refractivity (Wildman–Crippen MR) is 65.7 cm³/mol. The molecule has 1 aromatic carbocycles. The minimum atomic E-state index is 0.127. The minimum Gasteiger partial charge on any atom is -0.392 e. The lowest BCUT2D eigenvalue weighted by molar-refractivity contribution is 0.281. The minimum absolute atomic E-state index is 0.127. The summed E-state index contributed by atoms with van der Waals surface area (Å²) < 4.78 is 0. The Kier molecular flexibility index (Phi) is 2.69. The molecule has 0 atom stereocenters. The van der Waals surface area contributed by atoms with Gasteiger partial charge in [0, 0.05) is 17.8 Å². The van der Waals surface area contributed by atoms with Gasteiger partial charge in [0.05, 0.1) is 6.61 Å². The van der Waals surface area contributed by atoms with Gasteiger partial charge in [0.25, 0.3) is 0 Å². The fraction of sp³-hybridized carbons (Fsp3) is 0.357. The summed E-state index contributed by atoms with van der Waals surface area (Å²) in [5.41, 5.74) is 3.63. The second-order valence-corrected chi connectivity index (χ2v) is 4.78. The van der Waals surface area contributed by atoms with E-state index in [4.69, 9.17) is 5.11 Å². The lowest BCUT2D eigenvalue weighted by Crippen LogP contribution is -2.20. The van der Waals surface area contributed by atoms with Gasteiger partial charge in [0.1, 0.15) is 0 Å². The first kappa shape index (κ1) is 10.5. The Morgan fingerprint density at radius 1 is 1.12 bits per heavy atom. The van der Waals surface area contributed by atoms with Crippen molar-refractivity contribution < 1.29 is 5.11 Å². The van der Waals surface area contributed by atoms with E-state index in [0.717, 1.165) is 5.56 Å². The average Bonchev–Trinajstić information content (AvgIpc) is 2.82. The summed E-state index contributed by atoms with van der Waals surface area (Å²) in [7, 11) is 0. The van der Waals surface area contributed by atoms with Gasteiger partial charge in [0.2, 0.25) is 0 Å². The molecule has 1 saturated carbocycles. The topological polar surface area (TPSA) is 48.9 Å². The van der Waals surface area contributed by atoms with Crippen LogP contribution in [0.15, 0.2) is 36.5 Å². The van der Waals surface area contributed by atoms with Gasteiger partial charge in [-0.1, -0.05) is 24.3 Å². The first-order chi connectivity index (χ1) is 8.36. The Morgan fingerprint density at radius 2 is 1.88 bits per heavy atom. The van der Waals surface area contributed by atoms with Gasteiger partial charge in [-0.25, -0.2) is 0 Å². The van der Waals surface area contributed by atoms with Crippen molar-refractivity contribution in [3.05, 3.63) is 53.3 Å². The van der Waals surface area contributed by atoms with E-state index in [1.165, 1.54) is 24.1 Å². The second kappa shape index (κ2) is 4.34. The summed E-state index contributed by atoms with van der Waals surface area (Å²) in [4.78, 5) is 0. The van der Waals surface area contributed by atoms with Gasteiger partial charge in [-0.3, -0.25) is 5.10 Å². The zero-order valence-corrected chi connectivity index (χ0v) is 9.63. The molecular weight excluding hydrogens is 212 g/mol. The van der Waals surface area contributed by atoms with Crippen LogP contribution in [0.5, 0.6) is 0 Å². The summed E-state index contributed by atoms with van der Waals surface area (Å²) in [6, 6.07) is 10.4. The first-order valence-corrected chi connectivity index (χ1v) is 6.06. The van der Waals surface area contributed by atoms with E-state index in [0.29, 0.717) is 11.8 Å². The van der Waals surface area contributed by atoms with Crippen LogP contribution >= 0.6 is 0 Å². The number of nitrogens with one attached hydrogen (secondary N) is 1. The molecule has 0 bridgehead atoms. The van der Waals surface area contributed by atoms with Crippen molar-refractivity contribution in [2.45, 2.75) is 31.3 Å². The van der Waals surface area contributed by atoms with Gasteiger partial charge >= 0.3 is 0 Å². The maximum atomic E-state index is 8.99. The normalized spacial score (nSPS) is 23.4. The number of nitrogens with zero attached hydrogens (tertiary/aromatic N) is 1. The molecule has 3 heteroatoms. The van der Waals surface area contributed by atoms with Crippen LogP contribution in [0.4, 0.5) is 0 Å². The van der Waals surface area contributed by atoms with Gasteiger partial charge in [-0.2, -0.15) is 5.10 Å². The Morgan fingerprint density at radius 3 is 2.47 bits per heavy atom. The molecule has 3 nitrogen and oxygen atoms in total. The van der Waals surface area contributed by atoms with Crippen molar-refractivity contribution >= 4 is 0 Å². The molecule has 1 fully saturated rings. The van der Waals surface area contributed by atoms with E-state index in [9.17, 15) is 0 Å². The molecule has 3 rings (SSSR count). The summed E-state index contributed by atoms with van der Waals surface area (Å²) in [5.74, 6) is 1.30. The quantitative estimate of drug-likeness (QED) is 0.848. The number of benzene rings is 1. The summed E-state index contributed by atoms with van der Waals surface area (Å²) >= 11 is 0. The Labute approximate surface area is 100 Å². The molecular formula is C14H16N2O. The Bertz CT molecular complexity index is 469. The van der Waals surface area contributed by atoms with Crippen molar-refractivity contribution in [2.24, 2.45) is 0 Å². The Balaban J connectivity index is 1.64. The molecule has 1 aromatic heterocycles. The largest absolute Gasteiger partial charge is 0.392 e. The van der Waals surface area contributed by atoms with Crippen LogP contribution in [-0.4, -0.2) is 15.3 Å². The van der Waals surface area contributed by atoms with E-state index < -0.39 is 0 Å². The van der Waals surface area contributed by atoms with Crippen LogP contribution in [0.25, 0.3) is 0 Å². The number of rotatable bonds is 3. The van der Waals surface area contributed by atoms with E-state index in [1.807, 2.05) is 18.3 Å². The molecule has 0 aliphatic heterocycles. The first-order valence-electron chi connectivity index (χ1n) is 6.06. The van der Waals surface area contributed by atoms with Crippen LogP contribution in [0.1, 0.15) is 41.5 Å². The maximum absolute atomic E-state index is 8.99. The van der Waals surface area contributed by atoms with Gasteiger partial charge in [-0.15, -0.1) is 0 Å². The molecule has 17 heavy (non-hydrogen) atoms. The molecule has 88 valence electrons. The van der Waals surface area contributed by atoms with Crippen LogP contribution in [0.2, 0.25) is 0 Å². The zero-order valence-electron chi connectivity index (χ0n) is 9.63. The number of aromatic nitrogens is 2. The van der Waals surface area contributed by atoms with E-state index in [1.54, 1.807) is 0 Å². The van der Waals surface area contributed by atoms with E-state index in [-0.39, 0.29) is 6.61 Å². The average molecular weight is 228 g/mol. The highest BCUT2D eigenvalue weighted by atomic mass is 16.3. The third kappa shape index (κ3) is 1.98. The molecule has 1 aliphatic rings. The monoisotopic (exact) mass is 228 g/mol. The smallest absolute Gasteiger partial charge is 0.0681 e. The van der Waals surface area contributed by atoms with Crippen molar-refractivity contribution in [2.75, 3.05) is 0 Å². The molecule has 0 unspecified atom stereocenters. The number of aliphatic hydroxyl groups excluding tert-OH is 1. The molecule has 0 radical (unpaired) electrons. The predicted octanol–water partition coefficient (Wildman–Crippen LogP) is 2.56. The number of H-pyrrole nitrogens is 1. The molecule has 0 amide bonds. The number of aliphatic hydroxyl groups is 1. The molecule has 2 N–H and O–H groups in total. The van der Waals surface area contributed by atoms with Crippen LogP contribution < -0.4 is 0 Å². The maximum Gasteiger partial charge on any atom is 0.0681 e. The Hall–Kier alpha value is -1.61. The molecule has 0 saturated heterocycles. The van der Waals surface area contributed by atoms with Gasteiger partial charge < -0.3 is 5.11 Å². The second-order valence-electron chi connectivity index (χ2n) is 4.78. The summed E-state index contributed by atoms with van der Waals surface area (Å²) in [5, 5.41) is 16.0. The van der Waals surface area contributed by atoms with Crippen LogP contribution in [0, 0.1) is 0 Å². The van der Waals surface area contributed by atoms with E-state index >= 15 is 0 Å². The standard InChI is InChI=1S/C14H16N2O/c17-9-10-1-3-11(4-2-10)12-7-13(8-12)14-5-6-15-16-14/h1-6,12-13,17H,7-9H2,(H,15,16). The summed E-state index contributed by atoms with van der Waals surface area (Å²) in [6.07, 6.45) is 4.21. The highest BCUT2D eigenvalue weighted by molar-refractivity contribution is 5.29. The molecule has 1 heterocycles. The van der Waals surface area contributed by atoms with Gasteiger partial charge in [0.15, 0.2) is 0 Å². The zero-order chi connectivity index (χ0) is 11.7. The molecule has 0 spiro atoms. The number of hydrogen-bond donors (Lipinski definition) is 2. The highest BCUT2D eigenvalue weighted by Crippen LogP contribution is 2.46. The lowest BCUT2D eigenvalue weighted by Gasteiger charge is -2.35. The highest BCUT2D eigenvalue weighted by Gasteiger charge is 2.31. The van der Waals surface area contributed by atoms with Crippen molar-refractivity contribution in [3.8, 4) is 0 Å². The van der Waals surface area contributed by atoms with Crippen molar-refractivity contribution in [1.82, 2.24) is 10.2 Å². The fourth-order valence-electron chi connectivity index (χ4n) is 2.53. The number of aromatic amines is 1. The van der Waals surface area contributed by atoms with Crippen LogP contribution in [0.3, 0.4) is 0 Å². The number of hydrogen-bond acceptors (Lipinski definition) is 2. The summed E-state index contributed by atoms with van der Waals surface area (Å²) in [6.45, 7) is 0.127. The van der Waals surface area contributed by atoms with Gasteiger partial charge in [-0.05, 0) is 36.0 Å². The third-order valence-electron chi connectivity index (χ3n) is 3.73. The van der Waals surface area contributed by atoms with Crippen LogP contribution in [-0.2, 0) is 6.61 Å². The SMILES string of the molecule is OCc1ccc(C2CC(c3ccn[nH]3)C2)cc1.